The molecule has 22 aromatic carbocycles. The molecule has 0 saturated heterocycles. The first-order valence-electron chi connectivity index (χ1n) is 41.9. The minimum Gasteiger partial charge on any atom is -0.504 e. The Balaban J connectivity index is 0.000000105. The molecule has 4 heterocycles. The summed E-state index contributed by atoms with van der Waals surface area (Å²) < 4.78 is 18.9. The molecule has 7 nitrogen and oxygen atoms in total. The Morgan fingerprint density at radius 1 is 0.145 bits per heavy atom. The molecule has 580 valence electrons. The number of rotatable bonds is 7. The van der Waals surface area contributed by atoms with Gasteiger partial charge >= 0.3 is 0 Å². The predicted molar refractivity (Wildman–Crippen MR) is 517 cm³/mol. The molecule has 0 fully saturated rings. The van der Waals surface area contributed by atoms with E-state index in [1.165, 1.54) is 119 Å². The van der Waals surface area contributed by atoms with E-state index in [9.17, 15) is 15.3 Å². The molecule has 0 spiro atoms. The van der Waals surface area contributed by atoms with Crippen molar-refractivity contribution >= 4 is 174 Å². The lowest BCUT2D eigenvalue weighted by Crippen LogP contribution is -1.92. The normalized spacial score (nSPS) is 11.8. The van der Waals surface area contributed by atoms with E-state index in [1.54, 1.807) is 18.2 Å². The van der Waals surface area contributed by atoms with Crippen LogP contribution in [0, 0.1) is 0 Å². The molecule has 7 heteroatoms. The highest BCUT2D eigenvalue weighted by molar-refractivity contribution is 6.29. The fraction of sp³-hybridized carbons (Fsp3) is 0. The molecule has 0 amide bonds. The van der Waals surface area contributed by atoms with Crippen LogP contribution in [0.25, 0.3) is 252 Å². The van der Waals surface area contributed by atoms with Gasteiger partial charge in [0.15, 0.2) is 34.0 Å². The van der Waals surface area contributed by atoms with Crippen molar-refractivity contribution in [3.05, 3.63) is 413 Å². The average Bonchev–Trinajstić information content (AvgIpc) is 0.897. The van der Waals surface area contributed by atoms with Gasteiger partial charge in [0.1, 0.15) is 16.7 Å². The maximum absolute atomic E-state index is 10.6. The van der Waals surface area contributed by atoms with Gasteiger partial charge < -0.3 is 28.6 Å². The lowest BCUT2D eigenvalue weighted by molar-refractivity contribution is 0.468. The zero-order valence-corrected chi connectivity index (χ0v) is 66.8. The number of phenols is 3. The fourth-order valence-corrected chi connectivity index (χ4v) is 19.6. The first-order chi connectivity index (χ1) is 61.3. The molecule has 0 radical (unpaired) electrons. The molecular formula is C117H71NO6. The standard InChI is InChI=1S/C41H25NO2.C40H24O2.C36H22O2/c43-39-22-9-19-31-30-17-8-18-32(40(30)44-41(31)39)33-23-34-28-15-6-7-16-29(28)36(24-35(34)27-14-5-4-13-26(27)33)38-21-10-20-37(42-38)25-11-2-1-3-12-25;41-38-21-9-20-32-31-18-8-19-33(39(31)42-40(32)38)35-23-37-29-15-5-3-13-27(29)34(22-36(37)30-16-6-4-14-28(30)35)26-17-7-11-24-10-1-2-12-25(24)26;37-34-14-6-13-31-30-12-5-11-26(35(30)38-36(31)34)23-15-17-24(18-16-23)32-21-33-25-8-2-1-7-22(25)19-20-29(33)27-9-3-4-10-28(27)32/h1-24,43H;1-23,41H;1-21,37H. The van der Waals surface area contributed by atoms with E-state index in [0.29, 0.717) is 16.7 Å². The van der Waals surface area contributed by atoms with Crippen LogP contribution in [0.3, 0.4) is 0 Å². The van der Waals surface area contributed by atoms with Crippen molar-refractivity contribution in [2.45, 2.75) is 0 Å². The van der Waals surface area contributed by atoms with Crippen molar-refractivity contribution in [2.24, 2.45) is 0 Å². The number of pyridine rings is 1. The highest BCUT2D eigenvalue weighted by atomic mass is 16.4. The quantitative estimate of drug-likeness (QED) is 0.136. The van der Waals surface area contributed by atoms with Crippen molar-refractivity contribution in [1.29, 1.82) is 0 Å². The summed E-state index contributed by atoms with van der Waals surface area (Å²) in [4.78, 5) is 5.14. The minimum atomic E-state index is 0.150. The van der Waals surface area contributed by atoms with E-state index in [2.05, 4.69) is 328 Å². The molecule has 0 saturated carbocycles. The Labute approximate surface area is 710 Å². The van der Waals surface area contributed by atoms with Gasteiger partial charge in [-0.25, -0.2) is 4.98 Å². The van der Waals surface area contributed by atoms with Gasteiger partial charge in [0.25, 0.3) is 0 Å². The molecule has 4 aromatic heterocycles. The van der Waals surface area contributed by atoms with Crippen LogP contribution in [0.1, 0.15) is 0 Å². The van der Waals surface area contributed by atoms with E-state index < -0.39 is 0 Å². The van der Waals surface area contributed by atoms with E-state index in [1.807, 2.05) is 66.7 Å². The number of hydrogen-bond donors (Lipinski definition) is 3. The number of nitrogens with zero attached hydrogens (tertiary/aromatic N) is 1. The molecule has 0 aliphatic heterocycles. The third-order valence-electron chi connectivity index (χ3n) is 25.3. The highest BCUT2D eigenvalue weighted by Gasteiger charge is 2.24. The van der Waals surface area contributed by atoms with Gasteiger partial charge in [-0.2, -0.15) is 0 Å². The SMILES string of the molecule is Oc1cccc2c1oc1c(-c3cc4c5ccccc5c(-c5cccc(-c6ccccc6)n5)cc4c4ccccc34)cccc12.Oc1cccc2c1oc1c(-c3cc4c5ccccc5c(-c5cccc6ccccc56)cc4c4ccccc34)cccc12.Oc1cccc2c1oc1c(-c3ccc(-c4cc5c6ccccc6ccc5c5ccccc45)cc3)cccc12. The second-order valence-electron chi connectivity index (χ2n) is 32.1. The first kappa shape index (κ1) is 71.5. The largest absolute Gasteiger partial charge is 0.504 e. The summed E-state index contributed by atoms with van der Waals surface area (Å²) in [6.45, 7) is 0. The van der Waals surface area contributed by atoms with Crippen LogP contribution in [0.4, 0.5) is 0 Å². The molecule has 26 aromatic rings. The van der Waals surface area contributed by atoms with E-state index >= 15 is 0 Å². The number of aromatic hydroxyl groups is 3. The topological polar surface area (TPSA) is 113 Å². The van der Waals surface area contributed by atoms with Gasteiger partial charge in [-0.15, -0.1) is 0 Å². The average molecular weight is 1590 g/mol. The van der Waals surface area contributed by atoms with Crippen LogP contribution in [0.15, 0.2) is 426 Å². The molecule has 0 aliphatic carbocycles. The number of para-hydroxylation sites is 6. The second kappa shape index (κ2) is 28.8. The van der Waals surface area contributed by atoms with Crippen LogP contribution in [0.2, 0.25) is 0 Å². The zero-order chi connectivity index (χ0) is 82.2. The summed E-state index contributed by atoms with van der Waals surface area (Å²) in [6, 6.07) is 144. The Morgan fingerprint density at radius 3 is 0.911 bits per heavy atom. The van der Waals surface area contributed by atoms with Crippen LogP contribution >= 0.6 is 0 Å². The van der Waals surface area contributed by atoms with Gasteiger partial charge in [-0.3, -0.25) is 0 Å². The molecular weight excluding hydrogens is 1520 g/mol. The summed E-state index contributed by atoms with van der Waals surface area (Å²) in [7, 11) is 0. The summed E-state index contributed by atoms with van der Waals surface area (Å²) in [5.41, 5.74) is 19.2. The monoisotopic (exact) mass is 1590 g/mol. The summed E-state index contributed by atoms with van der Waals surface area (Å²) in [5, 5.41) is 61.5. The summed E-state index contributed by atoms with van der Waals surface area (Å²) in [6.07, 6.45) is 0. The zero-order valence-electron chi connectivity index (χ0n) is 66.8. The number of furan rings is 3. The Morgan fingerprint density at radius 2 is 0.427 bits per heavy atom. The van der Waals surface area contributed by atoms with Gasteiger partial charge in [-0.1, -0.05) is 352 Å². The maximum Gasteiger partial charge on any atom is 0.177 e. The number of benzene rings is 22. The lowest BCUT2D eigenvalue weighted by Gasteiger charge is -2.17. The Kier molecular flexibility index (Phi) is 16.6. The van der Waals surface area contributed by atoms with Crippen LogP contribution in [-0.4, -0.2) is 20.3 Å². The first-order valence-corrected chi connectivity index (χ1v) is 41.9. The van der Waals surface area contributed by atoms with Crippen molar-refractivity contribution in [2.75, 3.05) is 0 Å². The van der Waals surface area contributed by atoms with E-state index in [4.69, 9.17) is 18.2 Å². The Hall–Kier alpha value is -16.6. The molecule has 0 unspecified atom stereocenters. The fourth-order valence-electron chi connectivity index (χ4n) is 19.6. The number of hydrogen-bond acceptors (Lipinski definition) is 7. The number of phenolic OH excluding ortho intramolecular Hbond substituents is 3. The molecule has 3 N–H and O–H groups in total. The minimum absolute atomic E-state index is 0.150. The van der Waals surface area contributed by atoms with Gasteiger partial charge in [0.2, 0.25) is 0 Å². The number of aromatic nitrogens is 1. The summed E-state index contributed by atoms with van der Waals surface area (Å²) in [5.74, 6) is 0.470. The van der Waals surface area contributed by atoms with Crippen LogP contribution in [0.5, 0.6) is 17.2 Å². The second-order valence-corrected chi connectivity index (χ2v) is 32.1. The van der Waals surface area contributed by atoms with Crippen LogP contribution < -0.4 is 0 Å². The van der Waals surface area contributed by atoms with Gasteiger partial charge in [0.05, 0.1) is 11.4 Å². The Bertz CT molecular complexity index is 8920. The molecule has 0 bridgehead atoms. The third-order valence-corrected chi connectivity index (χ3v) is 25.3. The van der Waals surface area contributed by atoms with E-state index in [0.717, 1.165) is 116 Å². The summed E-state index contributed by atoms with van der Waals surface area (Å²) >= 11 is 0. The lowest BCUT2D eigenvalue weighted by atomic mass is 9.86. The molecule has 124 heavy (non-hydrogen) atoms. The molecule has 26 rings (SSSR count). The van der Waals surface area contributed by atoms with Crippen molar-refractivity contribution in [1.82, 2.24) is 4.98 Å². The highest BCUT2D eigenvalue weighted by Crippen LogP contribution is 2.50. The van der Waals surface area contributed by atoms with Gasteiger partial charge in [0, 0.05) is 60.1 Å². The smallest absolute Gasteiger partial charge is 0.177 e. The third kappa shape index (κ3) is 11.5. The predicted octanol–water partition coefficient (Wildman–Crippen LogP) is 32.5. The molecule has 0 atom stereocenters. The molecule has 0 aliphatic rings. The van der Waals surface area contributed by atoms with E-state index in [-0.39, 0.29) is 17.2 Å². The van der Waals surface area contributed by atoms with Crippen molar-refractivity contribution in [3.8, 4) is 95.4 Å². The van der Waals surface area contributed by atoms with Crippen molar-refractivity contribution < 1.29 is 28.6 Å². The van der Waals surface area contributed by atoms with Gasteiger partial charge in [-0.05, 0) is 207 Å². The van der Waals surface area contributed by atoms with Crippen LogP contribution in [-0.2, 0) is 0 Å². The maximum atomic E-state index is 10.6. The number of fused-ring (bicyclic) bond motifs is 25. The van der Waals surface area contributed by atoms with Crippen molar-refractivity contribution in [3.63, 3.8) is 0 Å².